The van der Waals surface area contributed by atoms with E-state index in [1.165, 1.54) is 6.92 Å². The lowest BCUT2D eigenvalue weighted by Gasteiger charge is -2.11. The molecule has 0 saturated heterocycles. The van der Waals surface area contributed by atoms with E-state index in [-0.39, 0.29) is 5.91 Å². The second kappa shape index (κ2) is 5.87. The van der Waals surface area contributed by atoms with Crippen molar-refractivity contribution in [2.45, 2.75) is 25.2 Å². The maximum absolute atomic E-state index is 11.2. The summed E-state index contributed by atoms with van der Waals surface area (Å²) in [5.74, 6) is 0.964. The molecule has 94 valence electrons. The van der Waals surface area contributed by atoms with Crippen LogP contribution in [0.25, 0.3) is 10.9 Å². The third-order valence-corrected chi connectivity index (χ3v) is 3.83. The molecule has 0 unspecified atom stereocenters. The van der Waals surface area contributed by atoms with Crippen molar-refractivity contribution >= 4 is 34.3 Å². The number of pyridine rings is 1. The maximum Gasteiger partial charge on any atom is 0.221 e. The van der Waals surface area contributed by atoms with E-state index in [2.05, 4.69) is 17.2 Å². The molecule has 3 nitrogen and oxygen atoms in total. The van der Waals surface area contributed by atoms with Crippen molar-refractivity contribution in [1.29, 1.82) is 0 Å². The van der Waals surface area contributed by atoms with Crippen LogP contribution in [0.2, 0.25) is 0 Å². The van der Waals surface area contributed by atoms with E-state index in [0.717, 1.165) is 33.7 Å². The number of rotatable bonds is 4. The van der Waals surface area contributed by atoms with Crippen molar-refractivity contribution in [1.82, 2.24) is 4.98 Å². The number of carbonyl (C=O) groups is 1. The molecule has 1 N–H and O–H groups in total. The molecule has 0 spiro atoms. The van der Waals surface area contributed by atoms with E-state index in [1.54, 1.807) is 18.0 Å². The number of nitrogens with one attached hydrogen (secondary N) is 1. The molecule has 0 saturated carbocycles. The number of fused-ring (bicyclic) bond motifs is 1. The minimum absolute atomic E-state index is 0.0644. The number of hydrogen-bond acceptors (Lipinski definition) is 3. The predicted molar refractivity (Wildman–Crippen MR) is 77.1 cm³/mol. The van der Waals surface area contributed by atoms with Gasteiger partial charge in [0.15, 0.2) is 0 Å². The summed E-state index contributed by atoms with van der Waals surface area (Å²) in [5.41, 5.74) is 1.77. The van der Waals surface area contributed by atoms with E-state index < -0.39 is 0 Å². The Morgan fingerprint density at radius 1 is 1.39 bits per heavy atom. The van der Waals surface area contributed by atoms with Gasteiger partial charge in [0.2, 0.25) is 5.91 Å². The molecule has 2 aromatic rings. The quantitative estimate of drug-likeness (QED) is 0.852. The second-order valence-corrected chi connectivity index (χ2v) is 5.15. The lowest BCUT2D eigenvalue weighted by molar-refractivity contribution is -0.114. The van der Waals surface area contributed by atoms with Crippen LogP contribution < -0.4 is 5.32 Å². The van der Waals surface area contributed by atoms with Gasteiger partial charge in [0.05, 0.1) is 17.4 Å². The molecule has 1 aromatic carbocycles. The minimum Gasteiger partial charge on any atom is -0.324 e. The fraction of sp³-hybridized carbons (Fsp3) is 0.286. The summed E-state index contributed by atoms with van der Waals surface area (Å²) >= 11 is 1.76. The molecular weight excluding hydrogens is 244 g/mol. The Bertz CT molecular complexity index is 569. The van der Waals surface area contributed by atoms with Gasteiger partial charge in [-0.05, 0) is 18.2 Å². The fourth-order valence-electron chi connectivity index (χ4n) is 1.75. The van der Waals surface area contributed by atoms with Crippen molar-refractivity contribution in [3.05, 3.63) is 30.5 Å². The van der Waals surface area contributed by atoms with E-state index in [4.69, 9.17) is 0 Å². The number of aromatic nitrogens is 1. The zero-order valence-corrected chi connectivity index (χ0v) is 11.4. The van der Waals surface area contributed by atoms with Crippen LogP contribution in [0.4, 0.5) is 5.69 Å². The first kappa shape index (κ1) is 12.9. The molecule has 0 aliphatic heterocycles. The van der Waals surface area contributed by atoms with Crippen LogP contribution in [0.5, 0.6) is 0 Å². The number of anilines is 1. The Morgan fingerprint density at radius 2 is 2.17 bits per heavy atom. The first-order valence-corrected chi connectivity index (χ1v) is 6.99. The highest BCUT2D eigenvalue weighted by atomic mass is 32.2. The number of carbonyl (C=O) groups excluding carboxylic acids is 1. The Kier molecular flexibility index (Phi) is 4.20. The molecule has 0 radical (unpaired) electrons. The molecule has 0 fully saturated rings. The van der Waals surface area contributed by atoms with Gasteiger partial charge in [0.1, 0.15) is 0 Å². The smallest absolute Gasteiger partial charge is 0.221 e. The molecule has 1 heterocycles. The first-order valence-electron chi connectivity index (χ1n) is 6.00. The topological polar surface area (TPSA) is 42.0 Å². The summed E-state index contributed by atoms with van der Waals surface area (Å²) < 4.78 is 0. The third kappa shape index (κ3) is 2.82. The van der Waals surface area contributed by atoms with Gasteiger partial charge in [0, 0.05) is 17.2 Å². The summed E-state index contributed by atoms with van der Waals surface area (Å²) in [5, 5.41) is 3.95. The summed E-state index contributed by atoms with van der Waals surface area (Å²) in [6, 6.07) is 8.01. The van der Waals surface area contributed by atoms with E-state index in [0.29, 0.717) is 0 Å². The summed E-state index contributed by atoms with van der Waals surface area (Å²) in [6.07, 6.45) is 2.84. The minimum atomic E-state index is -0.0644. The van der Waals surface area contributed by atoms with Gasteiger partial charge < -0.3 is 5.32 Å². The lowest BCUT2D eigenvalue weighted by Crippen LogP contribution is -2.07. The van der Waals surface area contributed by atoms with Crippen LogP contribution in [0.1, 0.15) is 20.3 Å². The van der Waals surface area contributed by atoms with Gasteiger partial charge in [-0.3, -0.25) is 9.78 Å². The fourth-order valence-corrected chi connectivity index (χ4v) is 2.75. The predicted octanol–water partition coefficient (Wildman–Crippen LogP) is 3.70. The standard InChI is InChI=1S/C14H16N2OS/c1-3-8-18-14-11-6-4-5-7-12(11)15-9-13(14)16-10(2)17/h4-7,9H,3,8H2,1-2H3,(H,16,17). The molecule has 0 aliphatic carbocycles. The summed E-state index contributed by atoms with van der Waals surface area (Å²) in [6.45, 7) is 3.66. The summed E-state index contributed by atoms with van der Waals surface area (Å²) in [7, 11) is 0. The zero-order chi connectivity index (χ0) is 13.0. The average Bonchev–Trinajstić information content (AvgIpc) is 2.37. The van der Waals surface area contributed by atoms with Crippen molar-refractivity contribution in [2.24, 2.45) is 0 Å². The summed E-state index contributed by atoms with van der Waals surface area (Å²) in [4.78, 5) is 16.7. The first-order chi connectivity index (χ1) is 8.72. The second-order valence-electron chi connectivity index (χ2n) is 4.05. The van der Waals surface area contributed by atoms with Gasteiger partial charge in [0.25, 0.3) is 0 Å². The number of benzene rings is 1. The monoisotopic (exact) mass is 260 g/mol. The SMILES string of the molecule is CCCSc1c(NC(C)=O)cnc2ccccc12. The van der Waals surface area contributed by atoms with Crippen molar-refractivity contribution in [2.75, 3.05) is 11.1 Å². The number of hydrogen-bond donors (Lipinski definition) is 1. The highest BCUT2D eigenvalue weighted by Crippen LogP contribution is 2.33. The normalized spacial score (nSPS) is 10.6. The highest BCUT2D eigenvalue weighted by Gasteiger charge is 2.09. The Morgan fingerprint density at radius 3 is 2.89 bits per heavy atom. The molecule has 0 aliphatic rings. The van der Waals surface area contributed by atoms with Crippen LogP contribution in [-0.4, -0.2) is 16.6 Å². The highest BCUT2D eigenvalue weighted by molar-refractivity contribution is 7.99. The van der Waals surface area contributed by atoms with Crippen molar-refractivity contribution < 1.29 is 4.79 Å². The van der Waals surface area contributed by atoms with Crippen LogP contribution in [-0.2, 0) is 4.79 Å². The molecule has 0 atom stereocenters. The number of amides is 1. The molecule has 2 rings (SSSR count). The molecule has 18 heavy (non-hydrogen) atoms. The van der Waals surface area contributed by atoms with E-state index in [9.17, 15) is 4.79 Å². The van der Waals surface area contributed by atoms with Gasteiger partial charge >= 0.3 is 0 Å². The Hall–Kier alpha value is -1.55. The number of thioether (sulfide) groups is 1. The molecule has 1 amide bonds. The zero-order valence-electron chi connectivity index (χ0n) is 10.6. The lowest BCUT2D eigenvalue weighted by atomic mass is 10.2. The number of para-hydroxylation sites is 1. The number of nitrogens with zero attached hydrogens (tertiary/aromatic N) is 1. The molecule has 0 bridgehead atoms. The van der Waals surface area contributed by atoms with Gasteiger partial charge in [-0.25, -0.2) is 0 Å². The van der Waals surface area contributed by atoms with Gasteiger partial charge in [-0.2, -0.15) is 0 Å². The van der Waals surface area contributed by atoms with Crippen LogP contribution >= 0.6 is 11.8 Å². The van der Waals surface area contributed by atoms with Crippen LogP contribution in [0.15, 0.2) is 35.4 Å². The Balaban J connectivity index is 2.51. The molecule has 1 aromatic heterocycles. The molecule has 4 heteroatoms. The van der Waals surface area contributed by atoms with Crippen LogP contribution in [0, 0.1) is 0 Å². The largest absolute Gasteiger partial charge is 0.324 e. The van der Waals surface area contributed by atoms with E-state index in [1.807, 2.05) is 24.3 Å². The molecular formula is C14H16N2OS. The van der Waals surface area contributed by atoms with Crippen molar-refractivity contribution in [3.8, 4) is 0 Å². The van der Waals surface area contributed by atoms with E-state index >= 15 is 0 Å². The van der Waals surface area contributed by atoms with Crippen molar-refractivity contribution in [3.63, 3.8) is 0 Å². The maximum atomic E-state index is 11.2. The van der Waals surface area contributed by atoms with Crippen LogP contribution in [0.3, 0.4) is 0 Å². The Labute approximate surface area is 111 Å². The average molecular weight is 260 g/mol. The van der Waals surface area contributed by atoms with Gasteiger partial charge in [-0.1, -0.05) is 25.1 Å². The third-order valence-electron chi connectivity index (χ3n) is 2.49. The van der Waals surface area contributed by atoms with Gasteiger partial charge in [-0.15, -0.1) is 11.8 Å².